The normalized spacial score (nSPS) is 21.1. The topological polar surface area (TPSA) is 21.3 Å². The molecule has 1 saturated carbocycles. The van der Waals surface area contributed by atoms with Gasteiger partial charge in [0, 0.05) is 11.7 Å². The number of nitrogens with one attached hydrogen (secondary N) is 1. The van der Waals surface area contributed by atoms with Crippen molar-refractivity contribution in [2.75, 3.05) is 12.4 Å². The van der Waals surface area contributed by atoms with Gasteiger partial charge >= 0.3 is 0 Å². The van der Waals surface area contributed by atoms with Crippen LogP contribution in [0.4, 0.5) is 5.69 Å². The fourth-order valence-electron chi connectivity index (χ4n) is 2.72. The van der Waals surface area contributed by atoms with Crippen LogP contribution in [-0.4, -0.2) is 13.2 Å². The number of benzene rings is 2. The maximum Gasteiger partial charge on any atom is 0.137 e. The summed E-state index contributed by atoms with van der Waals surface area (Å²) in [4.78, 5) is 0. The molecule has 2 aromatic carbocycles. The first-order valence-electron chi connectivity index (χ1n) is 6.91. The molecule has 20 heavy (non-hydrogen) atoms. The summed E-state index contributed by atoms with van der Waals surface area (Å²) in [6.07, 6.45) is 2.35. The molecule has 0 atom stereocenters. The molecule has 0 heterocycles. The van der Waals surface area contributed by atoms with Crippen molar-refractivity contribution in [1.29, 1.82) is 0 Å². The van der Waals surface area contributed by atoms with E-state index in [-0.39, 0.29) is 0 Å². The molecule has 104 valence electrons. The molecule has 0 saturated heterocycles. The zero-order valence-electron chi connectivity index (χ0n) is 11.5. The van der Waals surface area contributed by atoms with Crippen LogP contribution < -0.4 is 10.1 Å². The first-order valence-corrected chi connectivity index (χ1v) is 7.29. The minimum atomic E-state index is 0.532. The Hall–Kier alpha value is -1.67. The highest BCUT2D eigenvalue weighted by Crippen LogP contribution is 2.39. The van der Waals surface area contributed by atoms with Crippen LogP contribution in [0.3, 0.4) is 0 Å². The van der Waals surface area contributed by atoms with Crippen LogP contribution in [0.15, 0.2) is 48.5 Å². The van der Waals surface area contributed by atoms with E-state index in [1.807, 2.05) is 18.2 Å². The van der Waals surface area contributed by atoms with E-state index in [1.54, 1.807) is 7.11 Å². The first kappa shape index (κ1) is 13.3. The van der Waals surface area contributed by atoms with E-state index in [0.29, 0.717) is 22.7 Å². The second-order valence-electron chi connectivity index (χ2n) is 5.27. The van der Waals surface area contributed by atoms with Crippen LogP contribution in [0.1, 0.15) is 24.3 Å². The quantitative estimate of drug-likeness (QED) is 0.879. The van der Waals surface area contributed by atoms with Gasteiger partial charge in [0.2, 0.25) is 0 Å². The standard InChI is InChI=1S/C17H18ClNO/c1-20-17-8-7-14(11-16(17)18)19-15-9-13(10-15)12-5-3-2-4-6-12/h2-8,11,13,15,19H,9-10H2,1H3. The summed E-state index contributed by atoms with van der Waals surface area (Å²) in [7, 11) is 1.63. The molecule has 3 rings (SSSR count). The van der Waals surface area contributed by atoms with E-state index < -0.39 is 0 Å². The second kappa shape index (κ2) is 5.76. The smallest absolute Gasteiger partial charge is 0.137 e. The average molecular weight is 288 g/mol. The van der Waals surface area contributed by atoms with Crippen LogP contribution in [0.5, 0.6) is 5.75 Å². The van der Waals surface area contributed by atoms with Crippen molar-refractivity contribution in [1.82, 2.24) is 0 Å². The van der Waals surface area contributed by atoms with Gasteiger partial charge in [0.15, 0.2) is 0 Å². The first-order chi connectivity index (χ1) is 9.76. The molecule has 1 N–H and O–H groups in total. The van der Waals surface area contributed by atoms with Gasteiger partial charge in [-0.15, -0.1) is 0 Å². The van der Waals surface area contributed by atoms with E-state index in [4.69, 9.17) is 16.3 Å². The molecule has 3 heteroatoms. The van der Waals surface area contributed by atoms with E-state index >= 15 is 0 Å². The molecule has 0 spiro atoms. The molecular formula is C17H18ClNO. The van der Waals surface area contributed by atoms with Crippen LogP contribution in [-0.2, 0) is 0 Å². The lowest BCUT2D eigenvalue weighted by Gasteiger charge is -2.37. The minimum absolute atomic E-state index is 0.532. The zero-order chi connectivity index (χ0) is 13.9. The van der Waals surface area contributed by atoms with Crippen LogP contribution >= 0.6 is 11.6 Å². The van der Waals surface area contributed by atoms with Gasteiger partial charge in [-0.25, -0.2) is 0 Å². The van der Waals surface area contributed by atoms with Crippen LogP contribution in [0.2, 0.25) is 5.02 Å². The fourth-order valence-corrected chi connectivity index (χ4v) is 2.98. The highest BCUT2D eigenvalue weighted by Gasteiger charge is 2.29. The van der Waals surface area contributed by atoms with Gasteiger partial charge in [0.25, 0.3) is 0 Å². The summed E-state index contributed by atoms with van der Waals surface area (Å²) in [5, 5.41) is 4.18. The molecular weight excluding hydrogens is 270 g/mol. The number of anilines is 1. The summed E-state index contributed by atoms with van der Waals surface area (Å²) in [5.74, 6) is 1.40. The number of hydrogen-bond acceptors (Lipinski definition) is 2. The molecule has 0 bridgehead atoms. The second-order valence-corrected chi connectivity index (χ2v) is 5.68. The largest absolute Gasteiger partial charge is 0.495 e. The highest BCUT2D eigenvalue weighted by atomic mass is 35.5. The lowest BCUT2D eigenvalue weighted by molar-refractivity contribution is 0.374. The van der Waals surface area contributed by atoms with Crippen molar-refractivity contribution in [3.05, 3.63) is 59.1 Å². The van der Waals surface area contributed by atoms with E-state index in [1.165, 1.54) is 18.4 Å². The molecule has 0 aromatic heterocycles. The summed E-state index contributed by atoms with van der Waals surface area (Å²) < 4.78 is 5.16. The Morgan fingerprint density at radius 3 is 2.50 bits per heavy atom. The summed E-state index contributed by atoms with van der Waals surface area (Å²) in [6, 6.07) is 17.1. The number of methoxy groups -OCH3 is 1. The molecule has 0 unspecified atom stereocenters. The maximum absolute atomic E-state index is 6.13. The third kappa shape index (κ3) is 2.75. The Bertz CT molecular complexity index is 579. The maximum atomic E-state index is 6.13. The third-order valence-corrected chi connectivity index (χ3v) is 4.23. The molecule has 1 fully saturated rings. The average Bonchev–Trinajstić information content (AvgIpc) is 2.43. The zero-order valence-corrected chi connectivity index (χ0v) is 12.2. The van der Waals surface area contributed by atoms with Gasteiger partial charge in [-0.3, -0.25) is 0 Å². The van der Waals surface area contributed by atoms with Gasteiger partial charge < -0.3 is 10.1 Å². The van der Waals surface area contributed by atoms with Crippen molar-refractivity contribution in [2.45, 2.75) is 24.8 Å². The van der Waals surface area contributed by atoms with Gasteiger partial charge in [-0.1, -0.05) is 41.9 Å². The Labute approximate surface area is 124 Å². The van der Waals surface area contributed by atoms with Gasteiger partial charge in [0.1, 0.15) is 5.75 Å². The molecule has 0 amide bonds. The predicted octanol–water partition coefficient (Wildman–Crippen LogP) is 4.71. The van der Waals surface area contributed by atoms with Crippen molar-refractivity contribution < 1.29 is 4.74 Å². The Morgan fingerprint density at radius 2 is 1.85 bits per heavy atom. The lowest BCUT2D eigenvalue weighted by atomic mass is 9.76. The molecule has 1 aliphatic rings. The van der Waals surface area contributed by atoms with Crippen molar-refractivity contribution in [3.63, 3.8) is 0 Å². The number of hydrogen-bond donors (Lipinski definition) is 1. The Kier molecular flexibility index (Phi) is 3.83. The van der Waals surface area contributed by atoms with Gasteiger partial charge in [0.05, 0.1) is 12.1 Å². The fraction of sp³-hybridized carbons (Fsp3) is 0.294. The third-order valence-electron chi connectivity index (χ3n) is 3.93. The van der Waals surface area contributed by atoms with Gasteiger partial charge in [-0.2, -0.15) is 0 Å². The van der Waals surface area contributed by atoms with E-state index in [0.717, 1.165) is 5.69 Å². The molecule has 0 aliphatic heterocycles. The van der Waals surface area contributed by atoms with Gasteiger partial charge in [-0.05, 0) is 42.5 Å². The predicted molar refractivity (Wildman–Crippen MR) is 83.8 cm³/mol. The molecule has 2 nitrogen and oxygen atoms in total. The van der Waals surface area contributed by atoms with Crippen molar-refractivity contribution in [2.24, 2.45) is 0 Å². The Morgan fingerprint density at radius 1 is 1.10 bits per heavy atom. The number of halogens is 1. The van der Waals surface area contributed by atoms with Crippen LogP contribution in [0.25, 0.3) is 0 Å². The van der Waals surface area contributed by atoms with Crippen LogP contribution in [0, 0.1) is 0 Å². The minimum Gasteiger partial charge on any atom is -0.495 e. The summed E-state index contributed by atoms with van der Waals surface area (Å²) in [5.41, 5.74) is 2.51. The molecule has 2 aromatic rings. The number of rotatable bonds is 4. The SMILES string of the molecule is COc1ccc(NC2CC(c3ccccc3)C2)cc1Cl. The lowest BCUT2D eigenvalue weighted by Crippen LogP contribution is -2.33. The molecule has 1 aliphatic carbocycles. The number of ether oxygens (including phenoxy) is 1. The molecule has 0 radical (unpaired) electrons. The Balaban J connectivity index is 1.58. The van der Waals surface area contributed by atoms with Crippen molar-refractivity contribution in [3.8, 4) is 5.75 Å². The van der Waals surface area contributed by atoms with E-state index in [9.17, 15) is 0 Å². The summed E-state index contributed by atoms with van der Waals surface area (Å²) >= 11 is 6.13. The van der Waals surface area contributed by atoms with E-state index in [2.05, 4.69) is 35.6 Å². The summed E-state index contributed by atoms with van der Waals surface area (Å²) in [6.45, 7) is 0. The monoisotopic (exact) mass is 287 g/mol. The van der Waals surface area contributed by atoms with Crippen molar-refractivity contribution >= 4 is 17.3 Å². The highest BCUT2D eigenvalue weighted by molar-refractivity contribution is 6.32.